The average molecular weight is 387 g/mol. The maximum Gasteiger partial charge on any atom is 0.168 e. The topological polar surface area (TPSA) is 84.3 Å². The molecule has 0 aliphatic carbocycles. The lowest BCUT2D eigenvalue weighted by Gasteiger charge is -2.07. The van der Waals surface area contributed by atoms with Crippen molar-refractivity contribution in [2.75, 3.05) is 11.9 Å². The number of nitrogens with one attached hydrogen (secondary N) is 2. The minimum absolute atomic E-state index is 0.725. The Balaban J connectivity index is 1.36. The second-order valence-corrected chi connectivity index (χ2v) is 7.18. The first-order valence-electron chi connectivity index (χ1n) is 8.94. The number of anilines is 1. The second-order valence-electron chi connectivity index (χ2n) is 6.24. The molecule has 0 amide bonds. The van der Waals surface area contributed by atoms with Crippen LogP contribution in [0.15, 0.2) is 66.7 Å². The number of benzene rings is 1. The Morgan fingerprint density at radius 3 is 2.82 bits per heavy atom. The van der Waals surface area contributed by atoms with Gasteiger partial charge in [-0.2, -0.15) is 5.10 Å². The van der Waals surface area contributed by atoms with Gasteiger partial charge in [-0.1, -0.05) is 24.3 Å². The molecular weight excluding hydrogens is 370 g/mol. The zero-order valence-corrected chi connectivity index (χ0v) is 15.7. The Morgan fingerprint density at radius 2 is 1.96 bits per heavy atom. The van der Waals surface area contributed by atoms with Crippen LogP contribution in [0.4, 0.5) is 5.82 Å². The van der Waals surface area contributed by atoms with E-state index in [4.69, 9.17) is 0 Å². The van der Waals surface area contributed by atoms with Gasteiger partial charge in [-0.3, -0.25) is 0 Å². The van der Waals surface area contributed by atoms with Crippen molar-refractivity contribution < 1.29 is 0 Å². The maximum atomic E-state index is 4.49. The number of nitrogens with zero attached hydrogens (tertiary/aromatic N) is 5. The molecule has 0 spiro atoms. The van der Waals surface area contributed by atoms with Crippen molar-refractivity contribution in [3.8, 4) is 16.3 Å². The highest BCUT2D eigenvalue weighted by Gasteiger charge is 2.12. The summed E-state index contributed by atoms with van der Waals surface area (Å²) in [7, 11) is 0. The van der Waals surface area contributed by atoms with Crippen LogP contribution >= 0.6 is 11.3 Å². The molecule has 28 heavy (non-hydrogen) atoms. The number of fused-ring (bicyclic) bond motifs is 1. The number of rotatable bonds is 6. The molecule has 7 nitrogen and oxygen atoms in total. The number of aromatic amines is 1. The third-order valence-electron chi connectivity index (χ3n) is 4.51. The summed E-state index contributed by atoms with van der Waals surface area (Å²) in [6.07, 6.45) is 5.93. The number of aromatic nitrogens is 6. The molecule has 1 aromatic carbocycles. The molecular formula is C20H17N7S. The number of hydrogen-bond acceptors (Lipinski definition) is 6. The molecule has 0 bridgehead atoms. The lowest BCUT2D eigenvalue weighted by Crippen LogP contribution is -2.08. The number of para-hydroxylation sites is 1. The van der Waals surface area contributed by atoms with Gasteiger partial charge in [0.05, 0.1) is 28.5 Å². The summed E-state index contributed by atoms with van der Waals surface area (Å²) < 4.78 is 1.83. The van der Waals surface area contributed by atoms with Gasteiger partial charge in [0, 0.05) is 18.7 Å². The van der Waals surface area contributed by atoms with E-state index in [9.17, 15) is 0 Å². The predicted octanol–water partition coefficient (Wildman–Crippen LogP) is 3.92. The van der Waals surface area contributed by atoms with E-state index in [1.807, 2.05) is 41.1 Å². The second kappa shape index (κ2) is 7.24. The first-order chi connectivity index (χ1) is 13.9. The molecule has 0 aliphatic rings. The van der Waals surface area contributed by atoms with Gasteiger partial charge in [0.2, 0.25) is 0 Å². The molecule has 5 aromatic rings. The summed E-state index contributed by atoms with van der Waals surface area (Å²) in [6.45, 7) is 0.725. The summed E-state index contributed by atoms with van der Waals surface area (Å²) in [5.74, 6) is 0.782. The highest BCUT2D eigenvalue weighted by atomic mass is 32.1. The van der Waals surface area contributed by atoms with Gasteiger partial charge in [-0.15, -0.1) is 11.3 Å². The van der Waals surface area contributed by atoms with E-state index in [0.29, 0.717) is 0 Å². The fourth-order valence-corrected chi connectivity index (χ4v) is 3.93. The monoisotopic (exact) mass is 387 g/mol. The van der Waals surface area contributed by atoms with Crippen molar-refractivity contribution in [3.63, 3.8) is 0 Å². The summed E-state index contributed by atoms with van der Waals surface area (Å²) in [4.78, 5) is 17.7. The van der Waals surface area contributed by atoms with Gasteiger partial charge in [-0.05, 0) is 23.6 Å². The van der Waals surface area contributed by atoms with E-state index < -0.39 is 0 Å². The lowest BCUT2D eigenvalue weighted by molar-refractivity contribution is 0.895. The van der Waals surface area contributed by atoms with Crippen LogP contribution in [0.1, 0.15) is 5.69 Å². The van der Waals surface area contributed by atoms with Crippen molar-refractivity contribution in [1.82, 2.24) is 29.7 Å². The molecule has 0 fully saturated rings. The van der Waals surface area contributed by atoms with Gasteiger partial charge >= 0.3 is 0 Å². The third-order valence-corrected chi connectivity index (χ3v) is 5.38. The van der Waals surface area contributed by atoms with Crippen LogP contribution in [-0.2, 0) is 6.42 Å². The number of thiophene rings is 1. The van der Waals surface area contributed by atoms with E-state index in [0.717, 1.165) is 46.9 Å². The smallest absolute Gasteiger partial charge is 0.168 e. The predicted molar refractivity (Wildman–Crippen MR) is 111 cm³/mol. The van der Waals surface area contributed by atoms with Gasteiger partial charge in [-0.25, -0.2) is 19.6 Å². The molecule has 0 aliphatic heterocycles. The van der Waals surface area contributed by atoms with Crippen LogP contribution in [-0.4, -0.2) is 36.3 Å². The van der Waals surface area contributed by atoms with Gasteiger partial charge in [0.1, 0.15) is 17.8 Å². The minimum atomic E-state index is 0.725. The molecule has 0 saturated carbocycles. The third kappa shape index (κ3) is 3.03. The minimum Gasteiger partial charge on any atom is -0.369 e. The molecule has 4 aromatic heterocycles. The fourth-order valence-electron chi connectivity index (χ4n) is 3.19. The van der Waals surface area contributed by atoms with Crippen LogP contribution in [0.2, 0.25) is 0 Å². The summed E-state index contributed by atoms with van der Waals surface area (Å²) in [6, 6.07) is 14.1. The number of imidazole rings is 1. The van der Waals surface area contributed by atoms with Crippen molar-refractivity contribution in [2.45, 2.75) is 6.42 Å². The van der Waals surface area contributed by atoms with Crippen LogP contribution in [0.3, 0.4) is 0 Å². The summed E-state index contributed by atoms with van der Waals surface area (Å²) in [5.41, 5.74) is 3.88. The van der Waals surface area contributed by atoms with Crippen molar-refractivity contribution >= 4 is 28.2 Å². The number of hydrogen-bond donors (Lipinski definition) is 2. The largest absolute Gasteiger partial charge is 0.369 e. The quantitative estimate of drug-likeness (QED) is 0.461. The first-order valence-corrected chi connectivity index (χ1v) is 9.82. The Hall–Kier alpha value is -3.52. The molecule has 5 rings (SSSR count). The Kier molecular flexibility index (Phi) is 4.30. The summed E-state index contributed by atoms with van der Waals surface area (Å²) in [5, 5.41) is 10.9. The zero-order chi connectivity index (χ0) is 18.8. The Bertz CT molecular complexity index is 1190. The Labute approximate surface area is 165 Å². The number of H-pyrrole nitrogens is 1. The molecule has 0 saturated heterocycles. The maximum absolute atomic E-state index is 4.49. The van der Waals surface area contributed by atoms with Crippen molar-refractivity contribution in [2.24, 2.45) is 0 Å². The van der Waals surface area contributed by atoms with E-state index in [2.05, 4.69) is 41.8 Å². The van der Waals surface area contributed by atoms with Crippen LogP contribution in [0.5, 0.6) is 0 Å². The normalized spacial score (nSPS) is 11.1. The highest BCUT2D eigenvalue weighted by Crippen LogP contribution is 2.26. The molecule has 2 N–H and O–H groups in total. The Morgan fingerprint density at radius 1 is 1.04 bits per heavy atom. The van der Waals surface area contributed by atoms with Crippen molar-refractivity contribution in [1.29, 1.82) is 0 Å². The molecule has 4 heterocycles. The van der Waals surface area contributed by atoms with Gasteiger partial charge < -0.3 is 10.3 Å². The SMILES string of the molecule is c1ccc(-n2ncc3c(NCCc4[nH]cnc4-c4cccs4)ncnc32)cc1. The zero-order valence-electron chi connectivity index (χ0n) is 14.9. The van der Waals surface area contributed by atoms with E-state index in [-0.39, 0.29) is 0 Å². The average Bonchev–Trinajstić information content (AvgIpc) is 3.49. The van der Waals surface area contributed by atoms with Crippen LogP contribution < -0.4 is 5.32 Å². The van der Waals surface area contributed by atoms with Gasteiger partial charge in [0.25, 0.3) is 0 Å². The highest BCUT2D eigenvalue weighted by molar-refractivity contribution is 7.13. The van der Waals surface area contributed by atoms with Crippen LogP contribution in [0, 0.1) is 0 Å². The first kappa shape index (κ1) is 16.6. The van der Waals surface area contributed by atoms with Crippen LogP contribution in [0.25, 0.3) is 27.3 Å². The molecule has 0 unspecified atom stereocenters. The standard InChI is InChI=1S/C20H17N7S/c1-2-5-14(6-3-1)27-20-15(11-26-27)19(24-13-25-20)21-9-8-16-18(23-12-22-16)17-7-4-10-28-17/h1-7,10-13H,8-9H2,(H,22,23)(H,21,24,25). The molecule has 0 radical (unpaired) electrons. The van der Waals surface area contributed by atoms with E-state index >= 15 is 0 Å². The molecule has 0 atom stereocenters. The molecule has 8 heteroatoms. The van der Waals surface area contributed by atoms with E-state index in [1.54, 1.807) is 30.2 Å². The summed E-state index contributed by atoms with van der Waals surface area (Å²) >= 11 is 1.69. The van der Waals surface area contributed by atoms with E-state index in [1.165, 1.54) is 4.88 Å². The van der Waals surface area contributed by atoms with Gasteiger partial charge in [0.15, 0.2) is 5.65 Å². The lowest BCUT2D eigenvalue weighted by atomic mass is 10.2. The fraction of sp³-hybridized carbons (Fsp3) is 0.100. The molecule has 138 valence electrons. The van der Waals surface area contributed by atoms with Crippen molar-refractivity contribution in [3.05, 3.63) is 72.4 Å².